The normalized spacial score (nSPS) is 40.6. The molecule has 4 rings (SSSR count). The number of fused-ring (bicyclic) bond motifs is 5. The van der Waals surface area contributed by atoms with Gasteiger partial charge in [0.05, 0.1) is 6.10 Å². The zero-order valence-corrected chi connectivity index (χ0v) is 21.8. The van der Waals surface area contributed by atoms with Gasteiger partial charge in [0, 0.05) is 43.4 Å². The average Bonchev–Trinajstić information content (AvgIpc) is 2.98. The van der Waals surface area contributed by atoms with Gasteiger partial charge >= 0.3 is 17.9 Å². The van der Waals surface area contributed by atoms with Crippen molar-refractivity contribution in [3.05, 3.63) is 35.6 Å². The Bertz CT molecular complexity index is 1090. The molecule has 4 aliphatic carbocycles. The lowest BCUT2D eigenvalue weighted by Crippen LogP contribution is -2.64. The molecule has 36 heavy (non-hydrogen) atoms. The molecule has 0 unspecified atom stereocenters. The van der Waals surface area contributed by atoms with Crippen LogP contribution in [-0.4, -0.2) is 47.1 Å². The minimum Gasteiger partial charge on any atom is -0.458 e. The highest BCUT2D eigenvalue weighted by molar-refractivity contribution is 5.93. The largest absolute Gasteiger partial charge is 0.458 e. The third-order valence-electron chi connectivity index (χ3n) is 9.20. The lowest BCUT2D eigenvalue weighted by Gasteiger charge is -2.59. The summed E-state index contributed by atoms with van der Waals surface area (Å²) in [6.07, 6.45) is 8.57. The van der Waals surface area contributed by atoms with Crippen molar-refractivity contribution >= 4 is 23.7 Å². The van der Waals surface area contributed by atoms with Crippen molar-refractivity contribution < 1.29 is 38.5 Å². The summed E-state index contributed by atoms with van der Waals surface area (Å²) in [6.45, 7) is 9.32. The standard InChI is InChI=1S/C28H36O8/c1-15-11-22-21-8-7-19-12-20(35-17(3)30)9-10-26(19,5)25(21)23(32)13-27(22,6)28(15,36-18(4)31)24(33)14-34-16(2)29/h7,9-10,12,15,21-23,25,32H,8,11,13-14H2,1-6H3/t15-,21+,22+,23+,25+,26+,27+,28+/m1/s1. The zero-order chi connectivity index (χ0) is 26.6. The topological polar surface area (TPSA) is 116 Å². The highest BCUT2D eigenvalue weighted by atomic mass is 16.6. The molecule has 0 aliphatic heterocycles. The minimum absolute atomic E-state index is 0.0107. The highest BCUT2D eigenvalue weighted by Gasteiger charge is 2.72. The molecular formula is C28H36O8. The summed E-state index contributed by atoms with van der Waals surface area (Å²) in [5.41, 5.74) is -1.83. The number of ether oxygens (including phenoxy) is 3. The third-order valence-corrected chi connectivity index (χ3v) is 9.20. The molecule has 0 aromatic carbocycles. The van der Waals surface area contributed by atoms with Gasteiger partial charge in [-0.15, -0.1) is 0 Å². The van der Waals surface area contributed by atoms with Gasteiger partial charge in [-0.25, -0.2) is 0 Å². The average molecular weight is 501 g/mol. The first kappa shape index (κ1) is 26.3. The van der Waals surface area contributed by atoms with Gasteiger partial charge in [-0.1, -0.05) is 32.9 Å². The molecule has 8 nitrogen and oxygen atoms in total. The molecule has 2 saturated carbocycles. The molecule has 0 amide bonds. The van der Waals surface area contributed by atoms with Crippen LogP contribution < -0.4 is 0 Å². The van der Waals surface area contributed by atoms with Crippen molar-refractivity contribution in [1.82, 2.24) is 0 Å². The summed E-state index contributed by atoms with van der Waals surface area (Å²) in [5, 5.41) is 11.7. The Morgan fingerprint density at radius 1 is 1.08 bits per heavy atom. The second-order valence-electron chi connectivity index (χ2n) is 11.3. The molecule has 0 radical (unpaired) electrons. The van der Waals surface area contributed by atoms with Gasteiger partial charge in [0.25, 0.3) is 0 Å². The summed E-state index contributed by atoms with van der Waals surface area (Å²) in [5.74, 6) is -1.96. The number of hydrogen-bond donors (Lipinski definition) is 1. The molecule has 0 saturated heterocycles. The Hall–Kier alpha value is -2.74. The van der Waals surface area contributed by atoms with Crippen molar-refractivity contribution in [2.24, 2.45) is 34.5 Å². The monoisotopic (exact) mass is 500 g/mol. The summed E-state index contributed by atoms with van der Waals surface area (Å²) in [6, 6.07) is 0. The molecule has 1 N–H and O–H groups in total. The van der Waals surface area contributed by atoms with Gasteiger partial charge in [0.2, 0.25) is 5.78 Å². The van der Waals surface area contributed by atoms with Crippen LogP contribution in [0.15, 0.2) is 35.6 Å². The van der Waals surface area contributed by atoms with E-state index in [9.17, 15) is 24.3 Å². The fourth-order valence-electron chi connectivity index (χ4n) is 8.00. The van der Waals surface area contributed by atoms with E-state index in [1.54, 1.807) is 6.08 Å². The summed E-state index contributed by atoms with van der Waals surface area (Å²) < 4.78 is 16.2. The fraction of sp³-hybridized carbons (Fsp3) is 0.643. The number of aliphatic hydroxyl groups is 1. The van der Waals surface area contributed by atoms with Crippen LogP contribution in [0.25, 0.3) is 0 Å². The lowest BCUT2D eigenvalue weighted by atomic mass is 9.47. The van der Waals surface area contributed by atoms with Crippen LogP contribution in [0.4, 0.5) is 0 Å². The van der Waals surface area contributed by atoms with Crippen molar-refractivity contribution in [3.8, 4) is 0 Å². The predicted octanol–water partition coefficient (Wildman–Crippen LogP) is 3.43. The molecule has 196 valence electrons. The molecule has 0 aromatic rings. The first-order chi connectivity index (χ1) is 16.8. The smallest absolute Gasteiger partial charge is 0.308 e. The highest BCUT2D eigenvalue weighted by Crippen LogP contribution is 2.68. The minimum atomic E-state index is -1.50. The van der Waals surface area contributed by atoms with Crippen LogP contribution in [0.1, 0.15) is 60.8 Å². The van der Waals surface area contributed by atoms with Crippen LogP contribution >= 0.6 is 0 Å². The SMILES string of the molecule is CC(=O)OCC(=O)[C@@]1(OC(C)=O)[C@H](C)C[C@H]2[C@@H]3CC=C4C=C(OC(C)=O)C=C[C@]4(C)[C@@H]3[C@@H](O)C[C@@]21C. The molecule has 0 heterocycles. The van der Waals surface area contributed by atoms with E-state index in [1.165, 1.54) is 20.8 Å². The summed E-state index contributed by atoms with van der Waals surface area (Å²) in [7, 11) is 0. The Morgan fingerprint density at radius 3 is 2.39 bits per heavy atom. The van der Waals surface area contributed by atoms with Gasteiger partial charge < -0.3 is 19.3 Å². The molecule has 0 bridgehead atoms. The number of hydrogen-bond acceptors (Lipinski definition) is 8. The van der Waals surface area contributed by atoms with E-state index >= 15 is 0 Å². The zero-order valence-electron chi connectivity index (χ0n) is 21.8. The molecule has 4 aliphatic rings. The van der Waals surface area contributed by atoms with E-state index in [2.05, 4.69) is 13.0 Å². The van der Waals surface area contributed by atoms with E-state index in [0.717, 1.165) is 5.57 Å². The van der Waals surface area contributed by atoms with Crippen molar-refractivity contribution in [2.75, 3.05) is 6.61 Å². The van der Waals surface area contributed by atoms with E-state index in [1.807, 2.05) is 26.0 Å². The van der Waals surface area contributed by atoms with Crippen LogP contribution in [0.3, 0.4) is 0 Å². The summed E-state index contributed by atoms with van der Waals surface area (Å²) in [4.78, 5) is 48.9. The number of allylic oxidation sites excluding steroid dienone is 5. The maximum absolute atomic E-state index is 13.7. The van der Waals surface area contributed by atoms with E-state index in [4.69, 9.17) is 14.2 Å². The summed E-state index contributed by atoms with van der Waals surface area (Å²) >= 11 is 0. The van der Waals surface area contributed by atoms with Crippen molar-refractivity contribution in [2.45, 2.75) is 72.5 Å². The Labute approximate surface area is 211 Å². The number of Topliss-reactive ketones (excluding diaryl/α,β-unsaturated/α-hetero) is 1. The second kappa shape index (κ2) is 8.98. The fourth-order valence-corrected chi connectivity index (χ4v) is 8.00. The molecule has 0 spiro atoms. The Morgan fingerprint density at radius 2 is 1.78 bits per heavy atom. The van der Waals surface area contributed by atoms with Gasteiger partial charge in [0.1, 0.15) is 5.76 Å². The van der Waals surface area contributed by atoms with Gasteiger partial charge in [-0.3, -0.25) is 19.2 Å². The van der Waals surface area contributed by atoms with E-state index in [-0.39, 0.29) is 30.1 Å². The van der Waals surface area contributed by atoms with E-state index < -0.39 is 52.8 Å². The van der Waals surface area contributed by atoms with Gasteiger partial charge in [-0.05, 0) is 48.8 Å². The van der Waals surface area contributed by atoms with Crippen LogP contribution in [0.2, 0.25) is 0 Å². The number of aliphatic hydroxyl groups excluding tert-OH is 1. The number of esters is 3. The van der Waals surface area contributed by atoms with Crippen molar-refractivity contribution in [3.63, 3.8) is 0 Å². The predicted molar refractivity (Wildman–Crippen MR) is 129 cm³/mol. The first-order valence-corrected chi connectivity index (χ1v) is 12.6. The van der Waals surface area contributed by atoms with Gasteiger partial charge in [-0.2, -0.15) is 0 Å². The molecule has 8 atom stereocenters. The number of carbonyl (C=O) groups is 4. The van der Waals surface area contributed by atoms with Gasteiger partial charge in [0.15, 0.2) is 12.2 Å². The Balaban J connectivity index is 1.75. The molecular weight excluding hydrogens is 464 g/mol. The number of carbonyl (C=O) groups excluding carboxylic acids is 4. The quantitative estimate of drug-likeness (QED) is 0.451. The first-order valence-electron chi connectivity index (χ1n) is 12.6. The van der Waals surface area contributed by atoms with E-state index in [0.29, 0.717) is 18.6 Å². The lowest BCUT2D eigenvalue weighted by molar-refractivity contribution is -0.203. The number of rotatable bonds is 5. The third kappa shape index (κ3) is 3.85. The molecule has 0 aromatic heterocycles. The maximum atomic E-state index is 13.7. The second-order valence-corrected chi connectivity index (χ2v) is 11.3. The van der Waals surface area contributed by atoms with Crippen LogP contribution in [-0.2, 0) is 33.4 Å². The van der Waals surface area contributed by atoms with Crippen molar-refractivity contribution in [1.29, 1.82) is 0 Å². The maximum Gasteiger partial charge on any atom is 0.308 e. The molecule has 8 heteroatoms. The number of ketones is 1. The van der Waals surface area contributed by atoms with Crippen LogP contribution in [0, 0.1) is 34.5 Å². The van der Waals surface area contributed by atoms with Crippen LogP contribution in [0.5, 0.6) is 0 Å². The Kier molecular flexibility index (Phi) is 6.56. The molecule has 2 fully saturated rings.